The number of pyridine rings is 1. The van der Waals surface area contributed by atoms with Crippen LogP contribution in [0.1, 0.15) is 10.4 Å². The molecule has 0 radical (unpaired) electrons. The number of fused-ring (bicyclic) bond motifs is 1. The number of benzene rings is 1. The van der Waals surface area contributed by atoms with Crippen molar-refractivity contribution in [1.29, 1.82) is 0 Å². The molecule has 5 rings (SSSR count). The van der Waals surface area contributed by atoms with Crippen LogP contribution in [0.4, 0.5) is 10.3 Å². The minimum absolute atomic E-state index is 0.0845. The zero-order valence-corrected chi connectivity index (χ0v) is 19.9. The van der Waals surface area contributed by atoms with Gasteiger partial charge in [-0.05, 0) is 18.2 Å². The summed E-state index contributed by atoms with van der Waals surface area (Å²) in [4.78, 5) is 38.0. The van der Waals surface area contributed by atoms with E-state index in [4.69, 9.17) is 9.47 Å². The molecule has 1 saturated carbocycles. The van der Waals surface area contributed by atoms with Crippen molar-refractivity contribution in [2.75, 3.05) is 39.3 Å². The Bertz CT molecular complexity index is 1350. The molecule has 1 amide bonds. The topological polar surface area (TPSA) is 89.8 Å². The Morgan fingerprint density at radius 1 is 1.14 bits per heavy atom. The van der Waals surface area contributed by atoms with Crippen LogP contribution in [0.5, 0.6) is 11.5 Å². The second-order valence-electron chi connectivity index (χ2n) is 8.90. The van der Waals surface area contributed by atoms with Gasteiger partial charge in [-0.3, -0.25) is 19.1 Å². The highest BCUT2D eigenvalue weighted by Gasteiger charge is 2.59. The average Bonchev–Trinajstić information content (AvgIpc) is 3.37. The second kappa shape index (κ2) is 8.68. The molecule has 0 N–H and O–H groups in total. The van der Waals surface area contributed by atoms with Gasteiger partial charge in [0.25, 0.3) is 11.5 Å². The number of ether oxygens (including phenoxy) is 2. The molecule has 3 aromatic rings. The van der Waals surface area contributed by atoms with Gasteiger partial charge >= 0.3 is 0 Å². The van der Waals surface area contributed by atoms with Gasteiger partial charge in [-0.15, -0.1) is 0 Å². The Labute approximate surface area is 201 Å². The molecule has 2 fully saturated rings. The molecule has 9 nitrogen and oxygen atoms in total. The number of methoxy groups -OCH3 is 2. The van der Waals surface area contributed by atoms with Crippen LogP contribution in [0.2, 0.25) is 0 Å². The van der Waals surface area contributed by atoms with Gasteiger partial charge in [0.05, 0.1) is 31.7 Å². The number of likely N-dealkylation sites (tertiary alicyclic amines) is 1. The number of hydrogen-bond acceptors (Lipinski definition) is 7. The van der Waals surface area contributed by atoms with Gasteiger partial charge in [0.1, 0.15) is 11.5 Å². The fourth-order valence-corrected chi connectivity index (χ4v) is 5.08. The Kier molecular flexibility index (Phi) is 5.66. The fourth-order valence-electron chi connectivity index (χ4n) is 5.08. The molecule has 2 aromatic heterocycles. The highest BCUT2D eigenvalue weighted by molar-refractivity contribution is 5.97. The third-order valence-corrected chi connectivity index (χ3v) is 7.00. The van der Waals surface area contributed by atoms with E-state index in [-0.39, 0.29) is 40.6 Å². The first-order valence-corrected chi connectivity index (χ1v) is 11.3. The van der Waals surface area contributed by atoms with Crippen LogP contribution in [0.15, 0.2) is 47.5 Å². The normalized spacial score (nSPS) is 20.4. The van der Waals surface area contributed by atoms with E-state index in [2.05, 4.69) is 9.97 Å². The average molecular weight is 480 g/mol. The minimum Gasteiger partial charge on any atom is -0.497 e. The summed E-state index contributed by atoms with van der Waals surface area (Å²) in [5, 5.41) is 0. The lowest BCUT2D eigenvalue weighted by Gasteiger charge is -2.26. The Hall–Kier alpha value is -3.95. The van der Waals surface area contributed by atoms with Crippen LogP contribution in [0.3, 0.4) is 0 Å². The number of hydrogen-bond donors (Lipinski definition) is 0. The molecule has 1 saturated heterocycles. The zero-order valence-electron chi connectivity index (χ0n) is 19.9. The molecule has 3 heterocycles. The smallest absolute Gasteiger partial charge is 0.257 e. The van der Waals surface area contributed by atoms with E-state index in [1.165, 1.54) is 30.0 Å². The van der Waals surface area contributed by atoms with Gasteiger partial charge in [-0.2, -0.15) is 0 Å². The molecule has 1 unspecified atom stereocenters. The van der Waals surface area contributed by atoms with Gasteiger partial charge in [0, 0.05) is 69.0 Å². The van der Waals surface area contributed by atoms with Crippen molar-refractivity contribution in [3.8, 4) is 22.8 Å². The summed E-state index contributed by atoms with van der Waals surface area (Å²) in [5.41, 5.74) is 0.718. The second-order valence-corrected chi connectivity index (χ2v) is 8.90. The monoisotopic (exact) mass is 479 g/mol. The summed E-state index contributed by atoms with van der Waals surface area (Å²) < 4.78 is 26.4. The number of halogens is 1. The first-order valence-electron chi connectivity index (χ1n) is 11.3. The number of rotatable bonds is 6. The van der Waals surface area contributed by atoms with Gasteiger partial charge in [-0.25, -0.2) is 9.37 Å². The molecule has 0 spiro atoms. The van der Waals surface area contributed by atoms with Crippen LogP contribution >= 0.6 is 0 Å². The molecule has 35 heavy (non-hydrogen) atoms. The van der Waals surface area contributed by atoms with Crippen LogP contribution in [0, 0.1) is 17.7 Å². The van der Waals surface area contributed by atoms with Gasteiger partial charge in [0.2, 0.25) is 5.95 Å². The van der Waals surface area contributed by atoms with E-state index in [0.717, 1.165) is 6.20 Å². The zero-order chi connectivity index (χ0) is 24.9. The number of nitrogens with zero attached hydrogens (tertiary/aromatic N) is 5. The summed E-state index contributed by atoms with van der Waals surface area (Å²) in [6, 6.07) is 8.12. The summed E-state index contributed by atoms with van der Waals surface area (Å²) >= 11 is 0. The lowest BCUT2D eigenvalue weighted by molar-refractivity contribution is 0.0769. The number of aromatic nitrogens is 3. The van der Waals surface area contributed by atoms with E-state index >= 15 is 0 Å². The predicted octanol–water partition coefficient (Wildman–Crippen LogP) is 2.21. The number of anilines is 1. The molecule has 1 aliphatic heterocycles. The Balaban J connectivity index is 1.33. The maximum atomic E-state index is 14.3. The molecule has 2 aliphatic rings. The van der Waals surface area contributed by atoms with Crippen LogP contribution < -0.4 is 19.9 Å². The molecule has 3 atom stereocenters. The first kappa shape index (κ1) is 22.8. The highest BCUT2D eigenvalue weighted by atomic mass is 19.1. The largest absolute Gasteiger partial charge is 0.497 e. The van der Waals surface area contributed by atoms with E-state index in [1.807, 2.05) is 16.8 Å². The van der Waals surface area contributed by atoms with Crippen molar-refractivity contribution in [2.45, 2.75) is 6.04 Å². The SMILES string of the molecule is COc1ccc(C(=O)N2C[C@@H]3C(N(C)c4nc(-c5ccncc5F)cc(=O)n4C)[C@@H]3C2)c(OC)c1. The highest BCUT2D eigenvalue weighted by Crippen LogP contribution is 2.49. The number of carbonyl (C=O) groups excluding carboxylic acids is 1. The first-order chi connectivity index (χ1) is 16.8. The molecular formula is C25H26FN5O4. The summed E-state index contributed by atoms with van der Waals surface area (Å²) in [5.74, 6) is 1.45. The third kappa shape index (κ3) is 3.88. The van der Waals surface area contributed by atoms with Crippen molar-refractivity contribution >= 4 is 11.9 Å². The van der Waals surface area contributed by atoms with Crippen molar-refractivity contribution < 1.29 is 18.7 Å². The van der Waals surface area contributed by atoms with Gasteiger partial charge < -0.3 is 19.3 Å². The molecule has 1 aromatic carbocycles. The third-order valence-electron chi connectivity index (χ3n) is 7.00. The number of carbonyl (C=O) groups is 1. The summed E-state index contributed by atoms with van der Waals surface area (Å²) in [6.45, 7) is 1.20. The van der Waals surface area contributed by atoms with Crippen LogP contribution in [-0.2, 0) is 7.05 Å². The predicted molar refractivity (Wildman–Crippen MR) is 127 cm³/mol. The Morgan fingerprint density at radius 2 is 1.89 bits per heavy atom. The number of piperidine rings is 1. The van der Waals surface area contributed by atoms with E-state index < -0.39 is 5.82 Å². The summed E-state index contributed by atoms with van der Waals surface area (Å²) in [7, 11) is 6.63. The minimum atomic E-state index is -0.534. The van der Waals surface area contributed by atoms with Crippen molar-refractivity contribution in [1.82, 2.24) is 19.4 Å². The molecule has 1 aliphatic carbocycles. The quantitative estimate of drug-likeness (QED) is 0.536. The Morgan fingerprint density at radius 3 is 2.54 bits per heavy atom. The molecule has 182 valence electrons. The standard InChI is InChI=1S/C25H26FN5O4/c1-29-22(32)10-20(15-7-8-27-11-19(15)26)28-25(29)30(2)23-17-12-31(13-18(17)23)24(33)16-6-5-14(34-3)9-21(16)35-4/h5-11,17-18,23H,12-13H2,1-4H3/t17-,18+,23?. The van der Waals surface area contributed by atoms with E-state index in [0.29, 0.717) is 36.1 Å². The summed E-state index contributed by atoms with van der Waals surface area (Å²) in [6.07, 6.45) is 2.57. The maximum Gasteiger partial charge on any atom is 0.257 e. The van der Waals surface area contributed by atoms with Crippen LogP contribution in [0.25, 0.3) is 11.3 Å². The fraction of sp³-hybridized carbons (Fsp3) is 0.360. The van der Waals surface area contributed by atoms with Crippen molar-refractivity contribution in [3.05, 3.63) is 64.5 Å². The lowest BCUT2D eigenvalue weighted by Crippen LogP contribution is -2.38. The number of amides is 1. The van der Waals surface area contributed by atoms with Crippen molar-refractivity contribution in [3.63, 3.8) is 0 Å². The van der Waals surface area contributed by atoms with Gasteiger partial charge in [-0.1, -0.05) is 0 Å². The molecular weight excluding hydrogens is 453 g/mol. The molecule has 10 heteroatoms. The van der Waals surface area contributed by atoms with Crippen molar-refractivity contribution in [2.24, 2.45) is 18.9 Å². The lowest BCUT2D eigenvalue weighted by atomic mass is 10.1. The van der Waals surface area contributed by atoms with E-state index in [1.54, 1.807) is 32.4 Å². The maximum absolute atomic E-state index is 14.3. The van der Waals surface area contributed by atoms with Crippen LogP contribution in [-0.4, -0.2) is 65.7 Å². The van der Waals surface area contributed by atoms with Gasteiger partial charge in [0.15, 0.2) is 5.82 Å². The van der Waals surface area contributed by atoms with E-state index in [9.17, 15) is 14.0 Å². The molecule has 0 bridgehead atoms.